The van der Waals surface area contributed by atoms with E-state index in [1.54, 1.807) is 14.2 Å². The molecule has 1 saturated carbocycles. The second kappa shape index (κ2) is 10.4. The van der Waals surface area contributed by atoms with E-state index < -0.39 is 6.04 Å². The molecule has 3 heterocycles. The minimum atomic E-state index is -0.486. The molecule has 8 nitrogen and oxygen atoms in total. The first-order valence-corrected chi connectivity index (χ1v) is 13.2. The maximum Gasteiger partial charge on any atom is 0.290 e. The molecule has 0 radical (unpaired) electrons. The van der Waals surface area contributed by atoms with Crippen LogP contribution in [0.1, 0.15) is 44.7 Å². The number of methoxy groups -OCH3 is 2. The molecule has 1 aliphatic carbocycles. The summed E-state index contributed by atoms with van der Waals surface area (Å²) in [6.45, 7) is 9.14. The first kappa shape index (κ1) is 25.1. The van der Waals surface area contributed by atoms with Crippen LogP contribution in [-0.4, -0.2) is 81.2 Å². The fourth-order valence-corrected chi connectivity index (χ4v) is 6.20. The lowest BCUT2D eigenvalue weighted by Crippen LogP contribution is -2.43. The summed E-state index contributed by atoms with van der Waals surface area (Å²) >= 11 is 0. The Morgan fingerprint density at radius 2 is 1.69 bits per heavy atom. The Morgan fingerprint density at radius 1 is 0.972 bits per heavy atom. The number of hydrogen-bond acceptors (Lipinski definition) is 7. The third kappa shape index (κ3) is 4.50. The SMILES string of the molecule is COc1ccc(C2C3=C(OC4CC(C)C(C)CC4C3=O)C(=O)N2CCCN2CCOCC2)cc1OC. The van der Waals surface area contributed by atoms with Gasteiger partial charge in [0.25, 0.3) is 5.91 Å². The predicted octanol–water partition coefficient (Wildman–Crippen LogP) is 3.21. The average Bonchev–Trinajstić information content (AvgIpc) is 3.17. The van der Waals surface area contributed by atoms with Gasteiger partial charge >= 0.3 is 0 Å². The van der Waals surface area contributed by atoms with Gasteiger partial charge in [-0.1, -0.05) is 19.9 Å². The van der Waals surface area contributed by atoms with Crippen molar-refractivity contribution in [1.29, 1.82) is 0 Å². The second-order valence-electron chi connectivity index (χ2n) is 10.6. The van der Waals surface area contributed by atoms with E-state index in [2.05, 4.69) is 18.7 Å². The first-order chi connectivity index (χ1) is 17.4. The minimum Gasteiger partial charge on any atom is -0.493 e. The largest absolute Gasteiger partial charge is 0.493 e. The van der Waals surface area contributed by atoms with Crippen molar-refractivity contribution in [2.24, 2.45) is 17.8 Å². The number of nitrogens with zero attached hydrogens (tertiary/aromatic N) is 2. The van der Waals surface area contributed by atoms with E-state index in [0.717, 1.165) is 57.7 Å². The van der Waals surface area contributed by atoms with Gasteiger partial charge in [0, 0.05) is 26.2 Å². The standard InChI is InChI=1S/C28H38N2O6/c1-17-14-20-22(15-18(17)2)36-27-24(26(20)31)25(19-6-7-21(33-3)23(16-19)34-4)30(28(27)32)9-5-8-29-10-12-35-13-11-29/h6-7,16-18,20,22,25H,5,8-15H2,1-4H3. The molecule has 2 fully saturated rings. The van der Waals surface area contributed by atoms with Crippen molar-refractivity contribution in [2.75, 3.05) is 53.6 Å². The zero-order valence-corrected chi connectivity index (χ0v) is 21.8. The van der Waals surface area contributed by atoms with Crippen LogP contribution >= 0.6 is 0 Å². The normalized spacial score (nSPS) is 30.7. The summed E-state index contributed by atoms with van der Waals surface area (Å²) in [6, 6.07) is 5.16. The maximum absolute atomic E-state index is 14.0. The van der Waals surface area contributed by atoms with E-state index in [9.17, 15) is 9.59 Å². The Hall–Kier alpha value is -2.58. The van der Waals surface area contributed by atoms with E-state index in [1.807, 2.05) is 23.1 Å². The van der Waals surface area contributed by atoms with Gasteiger partial charge < -0.3 is 23.8 Å². The van der Waals surface area contributed by atoms with Crippen LogP contribution in [0, 0.1) is 17.8 Å². The van der Waals surface area contributed by atoms with Gasteiger partial charge in [-0.3, -0.25) is 14.5 Å². The van der Waals surface area contributed by atoms with Gasteiger partial charge in [-0.2, -0.15) is 0 Å². The van der Waals surface area contributed by atoms with Crippen LogP contribution in [0.3, 0.4) is 0 Å². The van der Waals surface area contributed by atoms with Crippen LogP contribution in [0.2, 0.25) is 0 Å². The topological polar surface area (TPSA) is 77.5 Å². The molecule has 3 aliphatic heterocycles. The Kier molecular flexibility index (Phi) is 7.26. The van der Waals surface area contributed by atoms with Crippen LogP contribution in [0.5, 0.6) is 11.5 Å². The highest BCUT2D eigenvalue weighted by molar-refractivity contribution is 6.11. The average molecular weight is 499 g/mol. The number of ketones is 1. The highest BCUT2D eigenvalue weighted by Gasteiger charge is 2.53. The molecule has 0 spiro atoms. The van der Waals surface area contributed by atoms with Crippen LogP contribution in [-0.2, 0) is 19.1 Å². The summed E-state index contributed by atoms with van der Waals surface area (Å²) in [5.74, 6) is 2.06. The van der Waals surface area contributed by atoms with Gasteiger partial charge in [-0.15, -0.1) is 0 Å². The Morgan fingerprint density at radius 3 is 2.42 bits per heavy atom. The van der Waals surface area contributed by atoms with E-state index >= 15 is 0 Å². The molecular weight excluding hydrogens is 460 g/mol. The molecule has 5 atom stereocenters. The van der Waals surface area contributed by atoms with Crippen LogP contribution in [0.25, 0.3) is 0 Å². The summed E-state index contributed by atoms with van der Waals surface area (Å²) in [4.78, 5) is 31.9. The molecular formula is C28H38N2O6. The molecule has 4 aliphatic rings. The molecule has 0 bridgehead atoms. The molecule has 1 amide bonds. The van der Waals surface area contributed by atoms with Gasteiger partial charge in [-0.25, -0.2) is 0 Å². The second-order valence-corrected chi connectivity index (χ2v) is 10.6. The number of Topliss-reactive ketones (excluding diaryl/α,β-unsaturated/α-hetero) is 1. The molecule has 0 N–H and O–H groups in total. The van der Waals surface area contributed by atoms with Crippen molar-refractivity contribution < 1.29 is 28.5 Å². The third-order valence-corrected chi connectivity index (χ3v) is 8.51. The number of rotatable bonds is 7. The number of amides is 1. The molecule has 1 aromatic rings. The third-order valence-electron chi connectivity index (χ3n) is 8.51. The van der Waals surface area contributed by atoms with Crippen molar-refractivity contribution >= 4 is 11.7 Å². The molecule has 0 aromatic heterocycles. The van der Waals surface area contributed by atoms with Crippen LogP contribution in [0.4, 0.5) is 0 Å². The van der Waals surface area contributed by atoms with Crippen molar-refractivity contribution in [1.82, 2.24) is 9.80 Å². The minimum absolute atomic E-state index is 0.0730. The van der Waals surface area contributed by atoms with Crippen molar-refractivity contribution in [3.8, 4) is 11.5 Å². The summed E-state index contributed by atoms with van der Waals surface area (Å²) < 4.78 is 22.8. The molecule has 5 unspecified atom stereocenters. The fourth-order valence-electron chi connectivity index (χ4n) is 6.20. The molecule has 8 heteroatoms. The van der Waals surface area contributed by atoms with Crippen molar-refractivity contribution in [3.63, 3.8) is 0 Å². The van der Waals surface area contributed by atoms with E-state index in [4.69, 9.17) is 18.9 Å². The summed E-state index contributed by atoms with van der Waals surface area (Å²) in [5.41, 5.74) is 1.35. The molecule has 1 aromatic carbocycles. The number of hydrogen-bond donors (Lipinski definition) is 0. The fraction of sp³-hybridized carbons (Fsp3) is 0.643. The Bertz CT molecular complexity index is 1030. The zero-order valence-electron chi connectivity index (χ0n) is 21.8. The van der Waals surface area contributed by atoms with Crippen molar-refractivity contribution in [2.45, 2.75) is 45.3 Å². The van der Waals surface area contributed by atoms with Crippen LogP contribution in [0.15, 0.2) is 29.5 Å². The predicted molar refractivity (Wildman–Crippen MR) is 134 cm³/mol. The van der Waals surface area contributed by atoms with Gasteiger partial charge in [0.2, 0.25) is 0 Å². The van der Waals surface area contributed by atoms with Gasteiger partial charge in [0.1, 0.15) is 6.10 Å². The van der Waals surface area contributed by atoms with E-state index in [1.165, 1.54) is 0 Å². The lowest BCUT2D eigenvalue weighted by Gasteiger charge is -2.40. The number of carbonyl (C=O) groups is 2. The molecule has 36 heavy (non-hydrogen) atoms. The Balaban J connectivity index is 1.46. The number of carbonyl (C=O) groups excluding carboxylic acids is 2. The first-order valence-electron chi connectivity index (χ1n) is 13.2. The lowest BCUT2D eigenvalue weighted by molar-refractivity contribution is -0.137. The number of benzene rings is 1. The highest BCUT2D eigenvalue weighted by Crippen LogP contribution is 2.49. The number of morpholine rings is 1. The lowest BCUT2D eigenvalue weighted by atomic mass is 9.70. The number of fused-ring (bicyclic) bond motifs is 1. The van der Waals surface area contributed by atoms with Crippen LogP contribution < -0.4 is 9.47 Å². The smallest absolute Gasteiger partial charge is 0.290 e. The molecule has 196 valence electrons. The maximum atomic E-state index is 14.0. The van der Waals surface area contributed by atoms with E-state index in [0.29, 0.717) is 35.5 Å². The zero-order chi connectivity index (χ0) is 25.4. The van der Waals surface area contributed by atoms with Gasteiger partial charge in [0.05, 0.1) is 45.0 Å². The monoisotopic (exact) mass is 498 g/mol. The number of ether oxygens (including phenoxy) is 4. The molecule has 1 saturated heterocycles. The quantitative estimate of drug-likeness (QED) is 0.571. The summed E-state index contributed by atoms with van der Waals surface area (Å²) in [6.07, 6.45) is 2.20. The van der Waals surface area contributed by atoms with Gasteiger partial charge in [-0.05, 0) is 48.8 Å². The Labute approximate surface area is 213 Å². The summed E-state index contributed by atoms with van der Waals surface area (Å²) in [7, 11) is 3.19. The van der Waals surface area contributed by atoms with E-state index in [-0.39, 0.29) is 29.5 Å². The van der Waals surface area contributed by atoms with Gasteiger partial charge in [0.15, 0.2) is 23.0 Å². The van der Waals surface area contributed by atoms with Crippen molar-refractivity contribution in [3.05, 3.63) is 35.1 Å². The highest BCUT2D eigenvalue weighted by atomic mass is 16.5. The summed E-state index contributed by atoms with van der Waals surface area (Å²) in [5, 5.41) is 0. The molecule has 5 rings (SSSR count).